The van der Waals surface area contributed by atoms with Crippen molar-refractivity contribution in [3.63, 3.8) is 0 Å². The van der Waals surface area contributed by atoms with E-state index in [1.54, 1.807) is 19.3 Å². The number of nitrogens with zero attached hydrogens (tertiary/aromatic N) is 3. The number of nitrogens with one attached hydrogen (secondary N) is 1. The lowest BCUT2D eigenvalue weighted by atomic mass is 10.2. The number of carbonyl (C=O) groups excluding carboxylic acids is 1. The van der Waals surface area contributed by atoms with Crippen LogP contribution < -0.4 is 10.2 Å². The molecule has 1 aliphatic heterocycles. The summed E-state index contributed by atoms with van der Waals surface area (Å²) in [6.07, 6.45) is 1.69. The number of hydrogen-bond acceptors (Lipinski definition) is 4. The van der Waals surface area contributed by atoms with Crippen molar-refractivity contribution < 1.29 is 4.79 Å². The minimum Gasteiger partial charge on any atom is -0.372 e. The van der Waals surface area contributed by atoms with Crippen LogP contribution in [0.25, 0.3) is 0 Å². The summed E-state index contributed by atoms with van der Waals surface area (Å²) < 4.78 is 0. The molecule has 1 fully saturated rings. The highest BCUT2D eigenvalue weighted by Crippen LogP contribution is 2.18. The van der Waals surface area contributed by atoms with Gasteiger partial charge in [-0.2, -0.15) is 0 Å². The number of piperazine rings is 1. The molecule has 2 heterocycles. The number of pyridine rings is 1. The topological polar surface area (TPSA) is 48.5 Å². The second-order valence-electron chi connectivity index (χ2n) is 5.26. The molecule has 3 rings (SSSR count). The second kappa shape index (κ2) is 6.47. The van der Waals surface area contributed by atoms with Gasteiger partial charge >= 0.3 is 0 Å². The van der Waals surface area contributed by atoms with Crippen molar-refractivity contribution in [2.24, 2.45) is 0 Å². The van der Waals surface area contributed by atoms with Gasteiger partial charge in [0, 0.05) is 45.1 Å². The number of aromatic nitrogens is 1. The lowest BCUT2D eigenvalue weighted by Crippen LogP contribution is -2.48. The van der Waals surface area contributed by atoms with E-state index in [1.807, 2.05) is 29.2 Å². The quantitative estimate of drug-likeness (QED) is 0.942. The number of hydrogen-bond donors (Lipinski definition) is 1. The van der Waals surface area contributed by atoms with Crippen molar-refractivity contribution in [1.29, 1.82) is 0 Å². The number of rotatable bonds is 3. The molecule has 1 aliphatic rings. The maximum absolute atomic E-state index is 12.7. The van der Waals surface area contributed by atoms with E-state index in [2.05, 4.69) is 27.3 Å². The molecule has 0 radical (unpaired) electrons. The molecule has 1 aromatic carbocycles. The van der Waals surface area contributed by atoms with Crippen molar-refractivity contribution >= 4 is 17.4 Å². The van der Waals surface area contributed by atoms with Crippen LogP contribution in [0.3, 0.4) is 0 Å². The van der Waals surface area contributed by atoms with Crippen LogP contribution in [-0.4, -0.2) is 49.0 Å². The third kappa shape index (κ3) is 2.88. The van der Waals surface area contributed by atoms with E-state index in [0.717, 1.165) is 26.2 Å². The predicted octanol–water partition coefficient (Wildman–Crippen LogP) is 2.09. The summed E-state index contributed by atoms with van der Waals surface area (Å²) in [5, 5.41) is 2.98. The fourth-order valence-corrected chi connectivity index (χ4v) is 2.75. The average Bonchev–Trinajstić information content (AvgIpc) is 2.62. The zero-order chi connectivity index (χ0) is 15.4. The highest BCUT2D eigenvalue weighted by Gasteiger charge is 2.24. The zero-order valence-corrected chi connectivity index (χ0v) is 12.7. The molecule has 1 saturated heterocycles. The Hall–Kier alpha value is -2.56. The van der Waals surface area contributed by atoms with E-state index in [1.165, 1.54) is 5.69 Å². The van der Waals surface area contributed by atoms with Gasteiger partial charge in [0.25, 0.3) is 5.91 Å². The standard InChI is InChI=1S/C17H20N4O/c1-18-16-15(8-5-9-19-16)17(22)21-12-10-20(11-13-21)14-6-3-2-4-7-14/h2-9H,10-13H2,1H3,(H,18,19). The van der Waals surface area contributed by atoms with Gasteiger partial charge in [-0.05, 0) is 24.3 Å². The summed E-state index contributed by atoms with van der Waals surface area (Å²) in [6, 6.07) is 13.9. The zero-order valence-electron chi connectivity index (χ0n) is 12.7. The fourth-order valence-electron chi connectivity index (χ4n) is 2.75. The van der Waals surface area contributed by atoms with Gasteiger partial charge in [0.1, 0.15) is 5.82 Å². The van der Waals surface area contributed by atoms with Crippen molar-refractivity contribution in [3.05, 3.63) is 54.2 Å². The largest absolute Gasteiger partial charge is 0.372 e. The Morgan fingerprint density at radius 1 is 1.05 bits per heavy atom. The van der Waals surface area contributed by atoms with Gasteiger partial charge in [0.05, 0.1) is 5.56 Å². The van der Waals surface area contributed by atoms with Crippen LogP contribution in [0.4, 0.5) is 11.5 Å². The summed E-state index contributed by atoms with van der Waals surface area (Å²) in [5.41, 5.74) is 1.85. The summed E-state index contributed by atoms with van der Waals surface area (Å²) >= 11 is 0. The molecular weight excluding hydrogens is 276 g/mol. The van der Waals surface area contributed by atoms with E-state index in [9.17, 15) is 4.79 Å². The summed E-state index contributed by atoms with van der Waals surface area (Å²) in [6.45, 7) is 3.16. The lowest BCUT2D eigenvalue weighted by molar-refractivity contribution is 0.0747. The van der Waals surface area contributed by atoms with Crippen LogP contribution >= 0.6 is 0 Å². The molecule has 1 aromatic heterocycles. The Labute approximate surface area is 130 Å². The van der Waals surface area contributed by atoms with Gasteiger partial charge in [0.15, 0.2) is 0 Å². The maximum atomic E-state index is 12.7. The van der Waals surface area contributed by atoms with Gasteiger partial charge in [0.2, 0.25) is 0 Å². The summed E-state index contributed by atoms with van der Waals surface area (Å²) in [7, 11) is 1.78. The molecule has 5 heteroatoms. The smallest absolute Gasteiger partial charge is 0.257 e. The van der Waals surface area contributed by atoms with Gasteiger partial charge < -0.3 is 15.1 Å². The van der Waals surface area contributed by atoms with E-state index in [-0.39, 0.29) is 5.91 Å². The van der Waals surface area contributed by atoms with Gasteiger partial charge in [-0.15, -0.1) is 0 Å². The van der Waals surface area contributed by atoms with Crippen LogP contribution in [0.2, 0.25) is 0 Å². The lowest BCUT2D eigenvalue weighted by Gasteiger charge is -2.36. The molecule has 0 saturated carbocycles. The fraction of sp³-hybridized carbons (Fsp3) is 0.294. The van der Waals surface area contributed by atoms with E-state index in [0.29, 0.717) is 11.4 Å². The first-order valence-corrected chi connectivity index (χ1v) is 7.51. The Morgan fingerprint density at radius 3 is 2.45 bits per heavy atom. The molecule has 0 bridgehead atoms. The summed E-state index contributed by atoms with van der Waals surface area (Å²) in [4.78, 5) is 21.1. The molecule has 1 amide bonds. The Kier molecular flexibility index (Phi) is 4.23. The van der Waals surface area contributed by atoms with Gasteiger partial charge in [-0.3, -0.25) is 4.79 Å². The third-order valence-electron chi connectivity index (χ3n) is 3.96. The van der Waals surface area contributed by atoms with Crippen molar-refractivity contribution in [3.8, 4) is 0 Å². The van der Waals surface area contributed by atoms with E-state index < -0.39 is 0 Å². The minimum atomic E-state index is 0.0464. The number of anilines is 2. The molecule has 114 valence electrons. The van der Waals surface area contributed by atoms with Crippen molar-refractivity contribution in [2.45, 2.75) is 0 Å². The highest BCUT2D eigenvalue weighted by atomic mass is 16.2. The van der Waals surface area contributed by atoms with E-state index >= 15 is 0 Å². The average molecular weight is 296 g/mol. The first kappa shape index (κ1) is 14.4. The Balaban J connectivity index is 1.67. The molecule has 22 heavy (non-hydrogen) atoms. The molecule has 1 N–H and O–H groups in total. The summed E-state index contributed by atoms with van der Waals surface area (Å²) in [5.74, 6) is 0.683. The first-order chi connectivity index (χ1) is 10.8. The van der Waals surface area contributed by atoms with Crippen LogP contribution in [-0.2, 0) is 0 Å². The molecular formula is C17H20N4O. The molecule has 0 spiro atoms. The van der Waals surface area contributed by atoms with Gasteiger partial charge in [-0.25, -0.2) is 4.98 Å². The van der Waals surface area contributed by atoms with Crippen LogP contribution in [0.15, 0.2) is 48.7 Å². The van der Waals surface area contributed by atoms with Crippen molar-refractivity contribution in [2.75, 3.05) is 43.4 Å². The molecule has 0 atom stereocenters. The van der Waals surface area contributed by atoms with Crippen molar-refractivity contribution in [1.82, 2.24) is 9.88 Å². The second-order valence-corrected chi connectivity index (χ2v) is 5.26. The molecule has 2 aromatic rings. The van der Waals surface area contributed by atoms with Crippen LogP contribution in [0.1, 0.15) is 10.4 Å². The number of carbonyl (C=O) groups is 1. The molecule has 0 unspecified atom stereocenters. The third-order valence-corrected chi connectivity index (χ3v) is 3.96. The maximum Gasteiger partial charge on any atom is 0.257 e. The minimum absolute atomic E-state index is 0.0464. The number of amides is 1. The van der Waals surface area contributed by atoms with Crippen LogP contribution in [0, 0.1) is 0 Å². The highest BCUT2D eigenvalue weighted by molar-refractivity contribution is 5.98. The van der Waals surface area contributed by atoms with Gasteiger partial charge in [-0.1, -0.05) is 18.2 Å². The number of benzene rings is 1. The first-order valence-electron chi connectivity index (χ1n) is 7.51. The SMILES string of the molecule is CNc1ncccc1C(=O)N1CCN(c2ccccc2)CC1. The number of para-hydroxylation sites is 1. The molecule has 5 nitrogen and oxygen atoms in total. The molecule has 0 aliphatic carbocycles. The Morgan fingerprint density at radius 2 is 1.77 bits per heavy atom. The Bertz CT molecular complexity index is 636. The monoisotopic (exact) mass is 296 g/mol. The predicted molar refractivity (Wildman–Crippen MR) is 88.3 cm³/mol. The normalized spacial score (nSPS) is 14.8. The van der Waals surface area contributed by atoms with Crippen LogP contribution in [0.5, 0.6) is 0 Å². The van der Waals surface area contributed by atoms with E-state index in [4.69, 9.17) is 0 Å².